The van der Waals surface area contributed by atoms with Gasteiger partial charge in [-0.3, -0.25) is 4.79 Å². The molecule has 1 heterocycles. The minimum Gasteiger partial charge on any atom is -0.368 e. The van der Waals surface area contributed by atoms with Crippen molar-refractivity contribution < 1.29 is 9.53 Å². The molecule has 1 saturated carbocycles. The highest BCUT2D eigenvalue weighted by atomic mass is 35.5. The maximum absolute atomic E-state index is 12.6. The second-order valence-corrected chi connectivity index (χ2v) is 7.08. The Kier molecular flexibility index (Phi) is 6.95. The monoisotopic (exact) mass is 318 g/mol. The lowest BCUT2D eigenvalue weighted by atomic mass is 9.64. The summed E-state index contributed by atoms with van der Waals surface area (Å²) in [6.07, 6.45) is 6.58. The van der Waals surface area contributed by atoms with Gasteiger partial charge in [-0.25, -0.2) is 0 Å². The molecule has 4 nitrogen and oxygen atoms in total. The van der Waals surface area contributed by atoms with E-state index in [0.717, 1.165) is 32.5 Å². The summed E-state index contributed by atoms with van der Waals surface area (Å²) in [5.74, 6) is 0.791. The fraction of sp³-hybridized carbons (Fsp3) is 0.938. The molecule has 2 N–H and O–H groups in total. The van der Waals surface area contributed by atoms with Crippen LogP contribution in [0.2, 0.25) is 0 Å². The first-order chi connectivity index (χ1) is 9.52. The topological polar surface area (TPSA) is 50.4 Å². The molecule has 0 spiro atoms. The van der Waals surface area contributed by atoms with Crippen molar-refractivity contribution in [3.8, 4) is 0 Å². The molecule has 2 aliphatic rings. The van der Waals surface area contributed by atoms with Crippen LogP contribution >= 0.6 is 12.4 Å². The van der Waals surface area contributed by atoms with Gasteiger partial charge in [0.15, 0.2) is 0 Å². The van der Waals surface area contributed by atoms with Gasteiger partial charge in [-0.2, -0.15) is 0 Å². The summed E-state index contributed by atoms with van der Waals surface area (Å²) in [4.78, 5) is 12.6. The molecule has 21 heavy (non-hydrogen) atoms. The first kappa shape index (κ1) is 18.7. The Morgan fingerprint density at radius 3 is 2.29 bits per heavy atom. The summed E-state index contributed by atoms with van der Waals surface area (Å²) >= 11 is 0. The van der Waals surface area contributed by atoms with Gasteiger partial charge >= 0.3 is 0 Å². The Bertz CT molecular complexity index is 337. The standard InChI is InChI=1S/C16H30N2O2.ClH/c1-13(2)11-15(5-4-6-15)12-18-14(19)16(20-3)7-9-17-10-8-16;/h13,17H,4-12H2,1-3H3,(H,18,19);1H. The summed E-state index contributed by atoms with van der Waals surface area (Å²) in [5.41, 5.74) is -0.250. The van der Waals surface area contributed by atoms with Gasteiger partial charge in [-0.05, 0) is 56.5 Å². The van der Waals surface area contributed by atoms with Gasteiger partial charge in [-0.15, -0.1) is 12.4 Å². The van der Waals surface area contributed by atoms with E-state index in [2.05, 4.69) is 24.5 Å². The second kappa shape index (κ2) is 7.80. The van der Waals surface area contributed by atoms with E-state index >= 15 is 0 Å². The molecule has 0 bridgehead atoms. The van der Waals surface area contributed by atoms with Crippen molar-refractivity contribution in [2.24, 2.45) is 11.3 Å². The average Bonchev–Trinajstić information content (AvgIpc) is 2.41. The zero-order valence-electron chi connectivity index (χ0n) is 13.7. The first-order valence-corrected chi connectivity index (χ1v) is 8.06. The van der Waals surface area contributed by atoms with Gasteiger partial charge in [-0.1, -0.05) is 20.3 Å². The third-order valence-electron chi connectivity index (χ3n) is 5.10. The molecule has 1 aliphatic heterocycles. The smallest absolute Gasteiger partial charge is 0.252 e. The fourth-order valence-electron chi connectivity index (χ4n) is 3.78. The minimum absolute atomic E-state index is 0. The summed E-state index contributed by atoms with van der Waals surface area (Å²) < 4.78 is 5.59. The third-order valence-corrected chi connectivity index (χ3v) is 5.10. The lowest BCUT2D eigenvalue weighted by molar-refractivity contribution is -0.147. The summed E-state index contributed by atoms with van der Waals surface area (Å²) in [5, 5.41) is 6.49. The quantitative estimate of drug-likeness (QED) is 0.791. The Hall–Kier alpha value is -0.320. The number of carbonyl (C=O) groups excluding carboxylic acids is 1. The summed E-state index contributed by atoms with van der Waals surface area (Å²) in [7, 11) is 1.66. The molecule has 0 aromatic carbocycles. The van der Waals surface area contributed by atoms with Crippen LogP contribution in [0.5, 0.6) is 0 Å². The zero-order valence-corrected chi connectivity index (χ0v) is 14.5. The van der Waals surface area contributed by atoms with E-state index in [1.807, 2.05) is 0 Å². The lowest BCUT2D eigenvalue weighted by Crippen LogP contribution is -2.56. The normalized spacial score (nSPS) is 23.0. The van der Waals surface area contributed by atoms with Gasteiger partial charge < -0.3 is 15.4 Å². The van der Waals surface area contributed by atoms with Crippen molar-refractivity contribution >= 4 is 18.3 Å². The van der Waals surface area contributed by atoms with Crippen LogP contribution in [0.3, 0.4) is 0 Å². The third kappa shape index (κ3) is 4.33. The van der Waals surface area contributed by atoms with Crippen LogP contribution in [-0.2, 0) is 9.53 Å². The number of piperidine rings is 1. The molecule has 124 valence electrons. The van der Waals surface area contributed by atoms with E-state index in [4.69, 9.17) is 4.74 Å². The van der Waals surface area contributed by atoms with Crippen LogP contribution in [0, 0.1) is 11.3 Å². The molecule has 1 amide bonds. The average molecular weight is 319 g/mol. The SMILES string of the molecule is COC1(C(=O)NCC2(CC(C)C)CCC2)CCNCC1.Cl. The number of amides is 1. The maximum Gasteiger partial charge on any atom is 0.252 e. The molecular weight excluding hydrogens is 288 g/mol. The van der Waals surface area contributed by atoms with Crippen LogP contribution < -0.4 is 10.6 Å². The molecular formula is C16H31ClN2O2. The van der Waals surface area contributed by atoms with Crippen molar-refractivity contribution in [3.63, 3.8) is 0 Å². The molecule has 1 saturated heterocycles. The van der Waals surface area contributed by atoms with Gasteiger partial charge in [0.25, 0.3) is 5.91 Å². The Labute approximate surface area is 135 Å². The number of rotatable bonds is 6. The predicted octanol–water partition coefficient (Wildman–Crippen LogP) is 2.51. The number of nitrogens with one attached hydrogen (secondary N) is 2. The molecule has 2 fully saturated rings. The van der Waals surface area contributed by atoms with Crippen LogP contribution in [0.1, 0.15) is 52.4 Å². The van der Waals surface area contributed by atoms with E-state index in [0.29, 0.717) is 11.3 Å². The number of hydrogen-bond donors (Lipinski definition) is 2. The highest BCUT2D eigenvalue weighted by Crippen LogP contribution is 2.45. The number of methoxy groups -OCH3 is 1. The largest absolute Gasteiger partial charge is 0.368 e. The van der Waals surface area contributed by atoms with Crippen molar-refractivity contribution in [2.45, 2.75) is 58.0 Å². The van der Waals surface area contributed by atoms with Crippen LogP contribution in [0.25, 0.3) is 0 Å². The fourth-order valence-corrected chi connectivity index (χ4v) is 3.78. The Morgan fingerprint density at radius 2 is 1.86 bits per heavy atom. The van der Waals surface area contributed by atoms with Gasteiger partial charge in [0.1, 0.15) is 5.60 Å². The summed E-state index contributed by atoms with van der Waals surface area (Å²) in [6, 6.07) is 0. The van der Waals surface area contributed by atoms with Crippen molar-refractivity contribution in [2.75, 3.05) is 26.7 Å². The Balaban J connectivity index is 0.00000220. The van der Waals surface area contributed by atoms with E-state index in [1.54, 1.807) is 7.11 Å². The van der Waals surface area contributed by atoms with E-state index in [9.17, 15) is 4.79 Å². The van der Waals surface area contributed by atoms with Crippen molar-refractivity contribution in [3.05, 3.63) is 0 Å². The van der Waals surface area contributed by atoms with E-state index in [-0.39, 0.29) is 18.3 Å². The van der Waals surface area contributed by atoms with E-state index < -0.39 is 5.60 Å². The maximum atomic E-state index is 12.6. The highest BCUT2D eigenvalue weighted by Gasteiger charge is 2.42. The van der Waals surface area contributed by atoms with Gasteiger partial charge in [0.2, 0.25) is 0 Å². The van der Waals surface area contributed by atoms with Crippen molar-refractivity contribution in [1.82, 2.24) is 10.6 Å². The molecule has 0 aromatic heterocycles. The lowest BCUT2D eigenvalue weighted by Gasteiger charge is -2.44. The molecule has 0 unspecified atom stereocenters. The molecule has 5 heteroatoms. The second-order valence-electron chi connectivity index (χ2n) is 7.08. The first-order valence-electron chi connectivity index (χ1n) is 8.06. The predicted molar refractivity (Wildman–Crippen MR) is 87.8 cm³/mol. The minimum atomic E-state index is -0.603. The van der Waals surface area contributed by atoms with Crippen LogP contribution in [-0.4, -0.2) is 38.3 Å². The number of carbonyl (C=O) groups is 1. The number of halogens is 1. The van der Waals surface area contributed by atoms with Gasteiger partial charge in [0.05, 0.1) is 0 Å². The van der Waals surface area contributed by atoms with Crippen LogP contribution in [0.4, 0.5) is 0 Å². The van der Waals surface area contributed by atoms with E-state index in [1.165, 1.54) is 25.7 Å². The molecule has 0 atom stereocenters. The summed E-state index contributed by atoms with van der Waals surface area (Å²) in [6.45, 7) is 7.08. The molecule has 2 rings (SSSR count). The number of hydrogen-bond acceptors (Lipinski definition) is 3. The molecule has 0 radical (unpaired) electrons. The van der Waals surface area contributed by atoms with Crippen LogP contribution in [0.15, 0.2) is 0 Å². The van der Waals surface area contributed by atoms with Gasteiger partial charge in [0, 0.05) is 13.7 Å². The molecule has 0 aromatic rings. The van der Waals surface area contributed by atoms with Crippen molar-refractivity contribution in [1.29, 1.82) is 0 Å². The highest BCUT2D eigenvalue weighted by molar-refractivity contribution is 5.85. The zero-order chi connectivity index (χ0) is 14.6. The Morgan fingerprint density at radius 1 is 1.24 bits per heavy atom. The number of ether oxygens (including phenoxy) is 1. The molecule has 1 aliphatic carbocycles.